The Balaban J connectivity index is 2.78. The van der Waals surface area contributed by atoms with E-state index in [4.69, 9.17) is 0 Å². The largest absolute Gasteiger partial charge is 0.345 e. The molecule has 0 heterocycles. The smallest absolute Gasteiger partial charge is 0.239 e. The second kappa shape index (κ2) is 7.24. The van der Waals surface area contributed by atoms with Crippen molar-refractivity contribution in [3.8, 4) is 0 Å². The summed E-state index contributed by atoms with van der Waals surface area (Å²) in [6, 6.07) is 6.22. The van der Waals surface area contributed by atoms with Gasteiger partial charge in [0.05, 0.1) is 6.04 Å². The minimum absolute atomic E-state index is 0.0253. The minimum atomic E-state index is -0.325. The number of rotatable bonds is 6. The van der Waals surface area contributed by atoms with Gasteiger partial charge in [0.25, 0.3) is 0 Å². The fourth-order valence-electron chi connectivity index (χ4n) is 2.04. The molecule has 1 aromatic rings. The maximum Gasteiger partial charge on any atom is 0.239 e. The summed E-state index contributed by atoms with van der Waals surface area (Å²) in [5.41, 5.74) is 0.615. The minimum Gasteiger partial charge on any atom is -0.345 e. The maximum atomic E-state index is 13.8. The average Bonchev–Trinajstić information content (AvgIpc) is 2.43. The van der Waals surface area contributed by atoms with E-state index in [0.717, 1.165) is 6.42 Å². The molecule has 1 aromatic carbocycles. The number of likely N-dealkylation sites (N-methyl/N-ethyl adjacent to an activating group) is 1. The van der Waals surface area contributed by atoms with Gasteiger partial charge in [-0.1, -0.05) is 25.1 Å². The van der Waals surface area contributed by atoms with Crippen LogP contribution in [0.15, 0.2) is 24.3 Å². The lowest BCUT2D eigenvalue weighted by atomic mass is 10.0. The van der Waals surface area contributed by atoms with Gasteiger partial charge in [-0.15, -0.1) is 0 Å². The quantitative estimate of drug-likeness (QED) is 0.858. The second-order valence-corrected chi connectivity index (χ2v) is 4.72. The Morgan fingerprint density at radius 3 is 2.53 bits per heavy atom. The van der Waals surface area contributed by atoms with Gasteiger partial charge in [0, 0.05) is 25.2 Å². The molecule has 0 radical (unpaired) electrons. The maximum absolute atomic E-state index is 13.8. The van der Waals surface area contributed by atoms with E-state index < -0.39 is 0 Å². The van der Waals surface area contributed by atoms with E-state index in [1.54, 1.807) is 24.1 Å². The SMILES string of the molecule is CCC(NC(C)C(=O)N(C)CC)c1ccccc1F. The molecule has 0 bridgehead atoms. The van der Waals surface area contributed by atoms with Gasteiger partial charge in [0.1, 0.15) is 5.82 Å². The number of hydrogen-bond acceptors (Lipinski definition) is 2. The van der Waals surface area contributed by atoms with Gasteiger partial charge in [0.15, 0.2) is 0 Å². The average molecular weight is 266 g/mol. The number of halogens is 1. The molecule has 0 saturated carbocycles. The van der Waals surface area contributed by atoms with E-state index in [2.05, 4.69) is 5.32 Å². The van der Waals surface area contributed by atoms with Crippen molar-refractivity contribution in [1.82, 2.24) is 10.2 Å². The Morgan fingerprint density at radius 2 is 2.00 bits per heavy atom. The van der Waals surface area contributed by atoms with Crippen LogP contribution in [0, 0.1) is 5.82 Å². The first-order chi connectivity index (χ1) is 9.01. The summed E-state index contributed by atoms with van der Waals surface area (Å²) in [7, 11) is 1.77. The van der Waals surface area contributed by atoms with Gasteiger partial charge in [-0.2, -0.15) is 0 Å². The van der Waals surface area contributed by atoms with Crippen molar-refractivity contribution in [2.45, 2.75) is 39.3 Å². The number of nitrogens with one attached hydrogen (secondary N) is 1. The van der Waals surface area contributed by atoms with Gasteiger partial charge in [-0.05, 0) is 26.3 Å². The van der Waals surface area contributed by atoms with Gasteiger partial charge in [0.2, 0.25) is 5.91 Å². The van der Waals surface area contributed by atoms with Gasteiger partial charge in [-0.25, -0.2) is 4.39 Å². The van der Waals surface area contributed by atoms with Gasteiger partial charge in [-0.3, -0.25) is 10.1 Å². The molecule has 2 unspecified atom stereocenters. The molecular weight excluding hydrogens is 243 g/mol. The molecule has 19 heavy (non-hydrogen) atoms. The molecule has 1 amide bonds. The Kier molecular flexibility index (Phi) is 5.96. The molecule has 3 nitrogen and oxygen atoms in total. The first kappa shape index (κ1) is 15.6. The zero-order chi connectivity index (χ0) is 14.4. The Labute approximate surface area is 114 Å². The second-order valence-electron chi connectivity index (χ2n) is 4.72. The molecule has 1 N–H and O–H groups in total. The lowest BCUT2D eigenvalue weighted by Gasteiger charge is -2.25. The number of carbonyl (C=O) groups excluding carboxylic acids is 1. The van der Waals surface area contributed by atoms with Crippen molar-refractivity contribution in [3.05, 3.63) is 35.6 Å². The highest BCUT2D eigenvalue weighted by molar-refractivity contribution is 5.81. The topological polar surface area (TPSA) is 32.3 Å². The van der Waals surface area contributed by atoms with Crippen LogP contribution >= 0.6 is 0 Å². The van der Waals surface area contributed by atoms with Crippen molar-refractivity contribution in [2.75, 3.05) is 13.6 Å². The first-order valence-corrected chi connectivity index (χ1v) is 6.76. The van der Waals surface area contributed by atoms with E-state index in [9.17, 15) is 9.18 Å². The first-order valence-electron chi connectivity index (χ1n) is 6.76. The summed E-state index contributed by atoms with van der Waals surface area (Å²) in [5, 5.41) is 3.21. The molecule has 0 aliphatic carbocycles. The van der Waals surface area contributed by atoms with Gasteiger partial charge >= 0.3 is 0 Å². The predicted octanol–water partition coefficient (Wildman–Crippen LogP) is 2.73. The molecule has 0 aliphatic rings. The zero-order valence-corrected chi connectivity index (χ0v) is 12.1. The van der Waals surface area contributed by atoms with E-state index in [1.165, 1.54) is 6.07 Å². The van der Waals surface area contributed by atoms with Crippen LogP contribution in [0.2, 0.25) is 0 Å². The third-order valence-electron chi connectivity index (χ3n) is 3.36. The zero-order valence-electron chi connectivity index (χ0n) is 12.1. The van der Waals surface area contributed by atoms with Crippen molar-refractivity contribution in [2.24, 2.45) is 0 Å². The number of carbonyl (C=O) groups is 1. The van der Waals surface area contributed by atoms with Crippen molar-refractivity contribution in [3.63, 3.8) is 0 Å². The van der Waals surface area contributed by atoms with Crippen LogP contribution < -0.4 is 5.32 Å². The summed E-state index contributed by atoms with van der Waals surface area (Å²) in [4.78, 5) is 13.7. The molecule has 0 aromatic heterocycles. The predicted molar refractivity (Wildman–Crippen MR) is 75.3 cm³/mol. The lowest BCUT2D eigenvalue weighted by molar-refractivity contribution is -0.131. The highest BCUT2D eigenvalue weighted by Crippen LogP contribution is 2.20. The Morgan fingerprint density at radius 1 is 1.37 bits per heavy atom. The van der Waals surface area contributed by atoms with Crippen LogP contribution in [0.1, 0.15) is 38.8 Å². The molecule has 0 saturated heterocycles. The van der Waals surface area contributed by atoms with Gasteiger partial charge < -0.3 is 4.90 Å². The molecule has 1 rings (SSSR count). The molecular formula is C15H23FN2O. The van der Waals surface area contributed by atoms with E-state index in [-0.39, 0.29) is 23.8 Å². The standard InChI is InChI=1S/C15H23FN2O/c1-5-14(12-9-7-8-10-13(12)16)17-11(3)15(19)18(4)6-2/h7-11,14,17H,5-6H2,1-4H3. The lowest BCUT2D eigenvalue weighted by Crippen LogP contribution is -2.44. The highest BCUT2D eigenvalue weighted by atomic mass is 19.1. The summed E-state index contributed by atoms with van der Waals surface area (Å²) in [5.74, 6) is -0.206. The van der Waals surface area contributed by atoms with Crippen LogP contribution in [0.4, 0.5) is 4.39 Å². The van der Waals surface area contributed by atoms with E-state index >= 15 is 0 Å². The Bertz CT molecular complexity index is 422. The number of benzene rings is 1. The van der Waals surface area contributed by atoms with Crippen molar-refractivity contribution >= 4 is 5.91 Å². The van der Waals surface area contributed by atoms with Crippen LogP contribution in [-0.2, 0) is 4.79 Å². The molecule has 106 valence electrons. The highest BCUT2D eigenvalue weighted by Gasteiger charge is 2.21. The van der Waals surface area contributed by atoms with Crippen molar-refractivity contribution < 1.29 is 9.18 Å². The van der Waals surface area contributed by atoms with Crippen molar-refractivity contribution in [1.29, 1.82) is 0 Å². The normalized spacial score (nSPS) is 13.9. The van der Waals surface area contributed by atoms with Crippen LogP contribution in [0.3, 0.4) is 0 Å². The third kappa shape index (κ3) is 4.03. The molecule has 0 spiro atoms. The van der Waals surface area contributed by atoms with E-state index in [1.807, 2.05) is 26.8 Å². The summed E-state index contributed by atoms with van der Waals surface area (Å²) < 4.78 is 13.8. The summed E-state index contributed by atoms with van der Waals surface area (Å²) in [6.07, 6.45) is 0.731. The number of hydrogen-bond donors (Lipinski definition) is 1. The molecule has 4 heteroatoms. The monoisotopic (exact) mass is 266 g/mol. The van der Waals surface area contributed by atoms with Crippen LogP contribution in [0.25, 0.3) is 0 Å². The summed E-state index contributed by atoms with van der Waals surface area (Å²) >= 11 is 0. The molecule has 0 aliphatic heterocycles. The molecule has 2 atom stereocenters. The number of amides is 1. The Hall–Kier alpha value is -1.42. The van der Waals surface area contributed by atoms with Crippen LogP contribution in [-0.4, -0.2) is 30.4 Å². The third-order valence-corrected chi connectivity index (χ3v) is 3.36. The number of nitrogens with zero attached hydrogens (tertiary/aromatic N) is 1. The van der Waals surface area contributed by atoms with E-state index in [0.29, 0.717) is 12.1 Å². The van der Waals surface area contributed by atoms with Crippen LogP contribution in [0.5, 0.6) is 0 Å². The fourth-order valence-corrected chi connectivity index (χ4v) is 2.04. The fraction of sp³-hybridized carbons (Fsp3) is 0.533. The molecule has 0 fully saturated rings. The summed E-state index contributed by atoms with van der Waals surface area (Å²) in [6.45, 7) is 6.39.